The van der Waals surface area contributed by atoms with Crippen LogP contribution in [-0.4, -0.2) is 59.4 Å². The number of anilines is 1. The van der Waals surface area contributed by atoms with Crippen molar-refractivity contribution in [3.05, 3.63) is 56.2 Å². The van der Waals surface area contributed by atoms with Gasteiger partial charge in [-0.2, -0.15) is 10.2 Å². The highest BCUT2D eigenvalue weighted by atomic mass is 32.1. The van der Waals surface area contributed by atoms with E-state index in [1.807, 2.05) is 0 Å². The third-order valence-electron chi connectivity index (χ3n) is 6.18. The number of carbonyl (C=O) groups is 2. The molecule has 0 saturated carbocycles. The minimum Gasteiger partial charge on any atom is -0.496 e. The van der Waals surface area contributed by atoms with Crippen molar-refractivity contribution in [3.63, 3.8) is 0 Å². The summed E-state index contributed by atoms with van der Waals surface area (Å²) in [6.45, 7) is 7.01. The van der Waals surface area contributed by atoms with Gasteiger partial charge in [0.15, 0.2) is 5.78 Å². The number of likely N-dealkylation sites (N-methyl/N-ethyl adjacent to an activating group) is 1. The second-order valence-corrected chi connectivity index (χ2v) is 9.23. The minimum atomic E-state index is -0.947. The van der Waals surface area contributed by atoms with Gasteiger partial charge in [-0.15, -0.1) is 5.12 Å². The van der Waals surface area contributed by atoms with Gasteiger partial charge in [-0.1, -0.05) is 23.5 Å². The summed E-state index contributed by atoms with van der Waals surface area (Å²) >= 11 is 1.10. The summed E-state index contributed by atoms with van der Waals surface area (Å²) in [5.74, 6) is -0.335. The Morgan fingerprint density at radius 3 is 2.64 bits per heavy atom. The number of aromatic nitrogens is 2. The van der Waals surface area contributed by atoms with Crippen molar-refractivity contribution in [1.82, 2.24) is 14.0 Å². The monoisotopic (exact) mass is 510 g/mol. The molecule has 188 valence electrons. The van der Waals surface area contributed by atoms with Gasteiger partial charge in [0.25, 0.3) is 5.56 Å². The van der Waals surface area contributed by atoms with Crippen LogP contribution in [0.2, 0.25) is 0 Å². The number of hydrogen-bond acceptors (Lipinski definition) is 9. The van der Waals surface area contributed by atoms with Crippen LogP contribution in [0.5, 0.6) is 5.75 Å². The fourth-order valence-corrected chi connectivity index (χ4v) is 5.59. The second-order valence-electron chi connectivity index (χ2n) is 8.25. The van der Waals surface area contributed by atoms with Crippen molar-refractivity contribution in [2.45, 2.75) is 32.9 Å². The van der Waals surface area contributed by atoms with E-state index in [4.69, 9.17) is 4.74 Å². The molecule has 0 spiro atoms. The number of nitrogens with zero attached hydrogens (tertiary/aromatic N) is 6. The number of methoxy groups -OCH3 is 1. The molecule has 3 aromatic rings. The molecule has 11 nitrogen and oxygen atoms in total. The van der Waals surface area contributed by atoms with Crippen molar-refractivity contribution in [2.75, 3.05) is 25.8 Å². The molecule has 0 aliphatic carbocycles. The van der Waals surface area contributed by atoms with Gasteiger partial charge in [0.05, 0.1) is 24.6 Å². The van der Waals surface area contributed by atoms with Gasteiger partial charge < -0.3 is 9.64 Å². The number of fused-ring (bicyclic) bond motifs is 1. The number of likely N-dealkylation sites (tertiary alicyclic amines) is 1. The van der Waals surface area contributed by atoms with E-state index in [9.17, 15) is 19.2 Å². The molecule has 2 aromatic heterocycles. The Bertz CT molecular complexity index is 1520. The largest absolute Gasteiger partial charge is 0.496 e. The van der Waals surface area contributed by atoms with Crippen LogP contribution in [0.15, 0.2) is 44.1 Å². The van der Waals surface area contributed by atoms with Crippen LogP contribution in [0.3, 0.4) is 0 Å². The summed E-state index contributed by atoms with van der Waals surface area (Å²) in [5, 5.41) is 10.0. The van der Waals surface area contributed by atoms with Gasteiger partial charge in [-0.05, 0) is 32.4 Å². The number of ether oxygens (including phenoxy) is 1. The molecule has 1 aliphatic heterocycles. The predicted octanol–water partition coefficient (Wildman–Crippen LogP) is 2.26. The summed E-state index contributed by atoms with van der Waals surface area (Å²) in [4.78, 5) is 55.3. The number of carbonyl (C=O) groups excluding carboxylic acids is 2. The van der Waals surface area contributed by atoms with E-state index in [1.54, 1.807) is 45.2 Å². The standard InChI is InChI=1S/C24H26N6O5S/c1-6-26-30(25-3)22-14(2)19-21(33)29(16-11-12-27(4)20(16)32)24(34)28(23(19)36-22)13-17(31)15-9-7-8-10-18(15)35-5/h6-10,16H,3,11-13H2,1-2,4-5H3/b26-6-/t16-/m0/s1. The topological polar surface area (TPSA) is 119 Å². The lowest BCUT2D eigenvalue weighted by molar-refractivity contribution is -0.129. The highest BCUT2D eigenvalue weighted by molar-refractivity contribution is 7.22. The zero-order chi connectivity index (χ0) is 26.1. The number of hydrazone groups is 2. The van der Waals surface area contributed by atoms with Crippen LogP contribution in [0.4, 0.5) is 5.00 Å². The fraction of sp³-hybridized carbons (Fsp3) is 0.333. The first-order valence-corrected chi connectivity index (χ1v) is 12.0. The molecule has 1 aromatic carbocycles. The molecular weight excluding hydrogens is 484 g/mol. The first-order chi connectivity index (χ1) is 17.2. The molecule has 0 bridgehead atoms. The fourth-order valence-electron chi connectivity index (χ4n) is 4.37. The van der Waals surface area contributed by atoms with E-state index < -0.39 is 17.3 Å². The van der Waals surface area contributed by atoms with Crippen molar-refractivity contribution in [2.24, 2.45) is 10.2 Å². The average Bonchev–Trinajstić information content (AvgIpc) is 3.39. The molecule has 1 amide bonds. The molecule has 1 atom stereocenters. The van der Waals surface area contributed by atoms with Crippen molar-refractivity contribution < 1.29 is 14.3 Å². The lowest BCUT2D eigenvalue weighted by Crippen LogP contribution is -2.44. The van der Waals surface area contributed by atoms with Gasteiger partial charge in [0, 0.05) is 32.1 Å². The van der Waals surface area contributed by atoms with E-state index in [-0.39, 0.29) is 28.5 Å². The Morgan fingerprint density at radius 2 is 2.03 bits per heavy atom. The molecule has 4 rings (SSSR count). The van der Waals surface area contributed by atoms with E-state index in [2.05, 4.69) is 16.9 Å². The Labute approximate surface area is 210 Å². The van der Waals surface area contributed by atoms with Crippen molar-refractivity contribution in [1.29, 1.82) is 0 Å². The number of ketones is 1. The maximum atomic E-state index is 13.7. The van der Waals surface area contributed by atoms with Crippen molar-refractivity contribution >= 4 is 51.2 Å². The minimum absolute atomic E-state index is 0.227. The van der Waals surface area contributed by atoms with Gasteiger partial charge in [0.1, 0.15) is 21.6 Å². The summed E-state index contributed by atoms with van der Waals surface area (Å²) < 4.78 is 7.53. The first-order valence-electron chi connectivity index (χ1n) is 11.2. The number of hydrogen-bond donors (Lipinski definition) is 0. The van der Waals surface area contributed by atoms with Gasteiger partial charge in [0.2, 0.25) is 5.91 Å². The lowest BCUT2D eigenvalue weighted by atomic mass is 10.1. The quantitative estimate of drug-likeness (QED) is 0.261. The molecule has 1 fully saturated rings. The van der Waals surface area contributed by atoms with E-state index in [0.29, 0.717) is 34.8 Å². The first kappa shape index (κ1) is 25.0. The van der Waals surface area contributed by atoms with E-state index in [0.717, 1.165) is 15.9 Å². The Hall–Kier alpha value is -4.06. The summed E-state index contributed by atoms with van der Waals surface area (Å²) in [6, 6.07) is 5.76. The molecule has 0 unspecified atom stereocenters. The predicted molar refractivity (Wildman–Crippen MR) is 140 cm³/mol. The van der Waals surface area contributed by atoms with Crippen LogP contribution in [0.1, 0.15) is 35.3 Å². The molecule has 0 radical (unpaired) electrons. The van der Waals surface area contributed by atoms with Crippen LogP contribution < -0.4 is 21.1 Å². The van der Waals surface area contributed by atoms with Crippen molar-refractivity contribution in [3.8, 4) is 5.75 Å². The number of aryl methyl sites for hydroxylation is 1. The molecule has 36 heavy (non-hydrogen) atoms. The van der Waals surface area contributed by atoms with Crippen LogP contribution in [0.25, 0.3) is 10.2 Å². The van der Waals surface area contributed by atoms with E-state index >= 15 is 0 Å². The SMILES string of the molecule is C=NN(/N=C\C)c1sc2c(c1C)c(=O)n([C@H]1CCN(C)C1=O)c(=O)n2CC(=O)c1ccccc1OC. The van der Waals surface area contributed by atoms with Crippen LogP contribution >= 0.6 is 11.3 Å². The van der Waals surface area contributed by atoms with Gasteiger partial charge in [-0.3, -0.25) is 19.0 Å². The maximum Gasteiger partial charge on any atom is 0.333 e. The average molecular weight is 511 g/mol. The number of para-hydroxylation sites is 1. The summed E-state index contributed by atoms with van der Waals surface area (Å²) in [6.07, 6.45) is 1.83. The molecule has 1 saturated heterocycles. The lowest BCUT2D eigenvalue weighted by Gasteiger charge is -2.16. The number of Topliss-reactive ketones (excluding diaryl/α,β-unsaturated/α-hetero) is 1. The Kier molecular flexibility index (Phi) is 6.88. The van der Waals surface area contributed by atoms with E-state index in [1.165, 1.54) is 27.9 Å². The summed E-state index contributed by atoms with van der Waals surface area (Å²) in [5.41, 5.74) is -0.500. The zero-order valence-corrected chi connectivity index (χ0v) is 21.2. The molecule has 3 heterocycles. The molecule has 12 heteroatoms. The second kappa shape index (κ2) is 9.90. The normalized spacial score (nSPS) is 15.7. The third kappa shape index (κ3) is 4.02. The zero-order valence-electron chi connectivity index (χ0n) is 20.4. The highest BCUT2D eigenvalue weighted by Crippen LogP contribution is 2.36. The molecular formula is C24H26N6O5S. The maximum absolute atomic E-state index is 13.7. The van der Waals surface area contributed by atoms with Gasteiger partial charge in [-0.25, -0.2) is 9.36 Å². The summed E-state index contributed by atoms with van der Waals surface area (Å²) in [7, 11) is 3.08. The number of thiophene rings is 1. The highest BCUT2D eigenvalue weighted by Gasteiger charge is 2.35. The number of amides is 1. The number of benzene rings is 1. The van der Waals surface area contributed by atoms with Gasteiger partial charge >= 0.3 is 5.69 Å². The molecule has 1 aliphatic rings. The number of rotatable bonds is 8. The smallest absolute Gasteiger partial charge is 0.333 e. The third-order valence-corrected chi connectivity index (χ3v) is 7.46. The van der Waals surface area contributed by atoms with Crippen LogP contribution in [0, 0.1) is 6.92 Å². The van der Waals surface area contributed by atoms with Crippen LogP contribution in [-0.2, 0) is 11.3 Å². The molecule has 0 N–H and O–H groups in total. The Balaban J connectivity index is 2.00. The Morgan fingerprint density at radius 1 is 1.31 bits per heavy atom.